The van der Waals surface area contributed by atoms with E-state index in [1.54, 1.807) is 6.20 Å². The average Bonchev–Trinajstić information content (AvgIpc) is 2.98. The zero-order valence-corrected chi connectivity index (χ0v) is 7.85. The molecular formula is C10H12N4. The van der Waals surface area contributed by atoms with Crippen LogP contribution in [-0.4, -0.2) is 14.4 Å². The third-order valence-corrected chi connectivity index (χ3v) is 2.68. The fourth-order valence-electron chi connectivity index (χ4n) is 1.69. The first-order chi connectivity index (χ1) is 6.88. The maximum absolute atomic E-state index is 5.58. The first-order valence-electron chi connectivity index (χ1n) is 4.91. The number of aromatic nitrogens is 3. The van der Waals surface area contributed by atoms with Crippen molar-refractivity contribution in [3.8, 4) is 0 Å². The highest BCUT2D eigenvalue weighted by molar-refractivity contribution is 5.34. The fraction of sp³-hybridized carbons (Fsp3) is 0.400. The summed E-state index contributed by atoms with van der Waals surface area (Å²) in [6.07, 6.45) is 6.35. The van der Waals surface area contributed by atoms with Gasteiger partial charge >= 0.3 is 0 Å². The molecule has 0 saturated heterocycles. The number of hydrogen-bond acceptors (Lipinski definition) is 3. The third-order valence-electron chi connectivity index (χ3n) is 2.68. The summed E-state index contributed by atoms with van der Waals surface area (Å²) in [4.78, 5) is 8.73. The van der Waals surface area contributed by atoms with Gasteiger partial charge in [-0.1, -0.05) is 0 Å². The van der Waals surface area contributed by atoms with Crippen molar-refractivity contribution < 1.29 is 0 Å². The van der Waals surface area contributed by atoms with Crippen LogP contribution in [-0.2, 0) is 6.54 Å². The molecule has 1 fully saturated rings. The summed E-state index contributed by atoms with van der Waals surface area (Å²) >= 11 is 0. The molecule has 0 spiro atoms. The van der Waals surface area contributed by atoms with Crippen molar-refractivity contribution in [3.05, 3.63) is 29.8 Å². The van der Waals surface area contributed by atoms with Crippen LogP contribution in [0.2, 0.25) is 0 Å². The van der Waals surface area contributed by atoms with Crippen LogP contribution in [0.1, 0.15) is 30.1 Å². The van der Waals surface area contributed by atoms with Crippen molar-refractivity contribution in [2.45, 2.75) is 25.3 Å². The fourth-order valence-corrected chi connectivity index (χ4v) is 1.69. The second kappa shape index (κ2) is 2.78. The molecule has 0 amide bonds. The van der Waals surface area contributed by atoms with Crippen LogP contribution in [0.3, 0.4) is 0 Å². The summed E-state index contributed by atoms with van der Waals surface area (Å²) in [5, 5.41) is 0. The van der Waals surface area contributed by atoms with Gasteiger partial charge in [0.1, 0.15) is 0 Å². The summed E-state index contributed by atoms with van der Waals surface area (Å²) in [6, 6.07) is 2.07. The molecule has 0 atom stereocenters. The monoisotopic (exact) mass is 188 g/mol. The molecule has 1 aliphatic carbocycles. The minimum atomic E-state index is 0.506. The van der Waals surface area contributed by atoms with E-state index < -0.39 is 0 Å². The quantitative estimate of drug-likeness (QED) is 0.766. The summed E-state index contributed by atoms with van der Waals surface area (Å²) in [5.41, 5.74) is 7.76. The second-order valence-corrected chi connectivity index (χ2v) is 3.75. The second-order valence-electron chi connectivity index (χ2n) is 3.75. The predicted molar refractivity (Wildman–Crippen MR) is 52.9 cm³/mol. The molecule has 2 heterocycles. The maximum atomic E-state index is 5.58. The molecule has 14 heavy (non-hydrogen) atoms. The first kappa shape index (κ1) is 7.94. The van der Waals surface area contributed by atoms with E-state index in [1.165, 1.54) is 18.5 Å². The summed E-state index contributed by atoms with van der Waals surface area (Å²) < 4.78 is 1.95. The smallest absolute Gasteiger partial charge is 0.234 e. The van der Waals surface area contributed by atoms with Gasteiger partial charge in [0, 0.05) is 24.4 Å². The molecule has 2 aromatic heterocycles. The van der Waals surface area contributed by atoms with Gasteiger partial charge in [-0.15, -0.1) is 0 Å². The summed E-state index contributed by atoms with van der Waals surface area (Å²) in [7, 11) is 0. The van der Waals surface area contributed by atoms with Gasteiger partial charge in [-0.3, -0.25) is 4.40 Å². The SMILES string of the molecule is NCc1cnc2nc(C3CC3)ccn12. The van der Waals surface area contributed by atoms with Gasteiger partial charge in [-0.05, 0) is 18.9 Å². The Morgan fingerprint density at radius 2 is 2.36 bits per heavy atom. The van der Waals surface area contributed by atoms with Crippen molar-refractivity contribution in [2.24, 2.45) is 5.73 Å². The molecule has 0 unspecified atom stereocenters. The number of fused-ring (bicyclic) bond motifs is 1. The van der Waals surface area contributed by atoms with E-state index in [-0.39, 0.29) is 0 Å². The lowest BCUT2D eigenvalue weighted by Crippen LogP contribution is -2.01. The third kappa shape index (κ3) is 1.11. The zero-order valence-electron chi connectivity index (χ0n) is 7.85. The average molecular weight is 188 g/mol. The minimum absolute atomic E-state index is 0.506. The normalized spacial score (nSPS) is 16.4. The van der Waals surface area contributed by atoms with Crippen molar-refractivity contribution >= 4 is 5.78 Å². The largest absolute Gasteiger partial charge is 0.325 e. The molecule has 0 radical (unpaired) electrons. The van der Waals surface area contributed by atoms with E-state index in [1.807, 2.05) is 10.6 Å². The lowest BCUT2D eigenvalue weighted by atomic mass is 10.3. The molecule has 4 nitrogen and oxygen atoms in total. The lowest BCUT2D eigenvalue weighted by Gasteiger charge is -2.00. The van der Waals surface area contributed by atoms with Crippen LogP contribution in [0, 0.1) is 0 Å². The van der Waals surface area contributed by atoms with E-state index >= 15 is 0 Å². The van der Waals surface area contributed by atoms with Crippen LogP contribution in [0.5, 0.6) is 0 Å². The Bertz CT molecular complexity index is 470. The number of nitrogens with two attached hydrogens (primary N) is 1. The van der Waals surface area contributed by atoms with E-state index in [4.69, 9.17) is 5.73 Å². The molecule has 2 N–H and O–H groups in total. The molecule has 1 aliphatic rings. The van der Waals surface area contributed by atoms with Crippen molar-refractivity contribution in [1.82, 2.24) is 14.4 Å². The predicted octanol–water partition coefficient (Wildman–Crippen LogP) is 1.07. The van der Waals surface area contributed by atoms with Crippen LogP contribution in [0.4, 0.5) is 0 Å². The Balaban J connectivity index is 2.15. The molecule has 3 rings (SSSR count). The van der Waals surface area contributed by atoms with Gasteiger partial charge in [0.25, 0.3) is 0 Å². The topological polar surface area (TPSA) is 56.2 Å². The molecule has 0 bridgehead atoms. The highest BCUT2D eigenvalue weighted by atomic mass is 15.1. The van der Waals surface area contributed by atoms with E-state index in [0.29, 0.717) is 12.5 Å². The van der Waals surface area contributed by atoms with Crippen molar-refractivity contribution in [3.63, 3.8) is 0 Å². The van der Waals surface area contributed by atoms with Crippen LogP contribution in [0.25, 0.3) is 5.78 Å². The molecule has 4 heteroatoms. The molecule has 0 aromatic carbocycles. The van der Waals surface area contributed by atoms with Gasteiger partial charge < -0.3 is 5.73 Å². The minimum Gasteiger partial charge on any atom is -0.325 e. The first-order valence-corrected chi connectivity index (χ1v) is 4.91. The molecular weight excluding hydrogens is 176 g/mol. The van der Waals surface area contributed by atoms with Gasteiger partial charge in [0.2, 0.25) is 5.78 Å². The van der Waals surface area contributed by atoms with Crippen LogP contribution in [0.15, 0.2) is 18.5 Å². The highest BCUT2D eigenvalue weighted by Crippen LogP contribution is 2.38. The van der Waals surface area contributed by atoms with Crippen molar-refractivity contribution in [1.29, 1.82) is 0 Å². The standard InChI is InChI=1S/C10H12N4/c11-5-8-6-12-10-13-9(7-1-2-7)3-4-14(8)10/h3-4,6-7H,1-2,5,11H2. The number of imidazole rings is 1. The number of hydrogen-bond donors (Lipinski definition) is 1. The Morgan fingerprint density at radius 1 is 1.50 bits per heavy atom. The maximum Gasteiger partial charge on any atom is 0.234 e. The molecule has 2 aromatic rings. The Kier molecular flexibility index (Phi) is 1.58. The van der Waals surface area contributed by atoms with Gasteiger partial charge in [-0.25, -0.2) is 9.97 Å². The molecule has 1 saturated carbocycles. The van der Waals surface area contributed by atoms with E-state index in [0.717, 1.165) is 11.5 Å². The van der Waals surface area contributed by atoms with Gasteiger partial charge in [0.05, 0.1) is 11.9 Å². The highest BCUT2D eigenvalue weighted by Gasteiger charge is 2.25. The van der Waals surface area contributed by atoms with Crippen molar-refractivity contribution in [2.75, 3.05) is 0 Å². The van der Waals surface area contributed by atoms with Crippen LogP contribution >= 0.6 is 0 Å². The molecule has 72 valence electrons. The number of nitrogens with zero attached hydrogens (tertiary/aromatic N) is 3. The summed E-state index contributed by atoms with van der Waals surface area (Å²) in [6.45, 7) is 0.506. The Morgan fingerprint density at radius 3 is 3.07 bits per heavy atom. The van der Waals surface area contributed by atoms with E-state index in [2.05, 4.69) is 16.0 Å². The molecule has 0 aliphatic heterocycles. The Labute approximate surface area is 81.8 Å². The van der Waals surface area contributed by atoms with Gasteiger partial charge in [0.15, 0.2) is 0 Å². The Hall–Kier alpha value is -1.42. The van der Waals surface area contributed by atoms with E-state index in [9.17, 15) is 0 Å². The zero-order chi connectivity index (χ0) is 9.54. The lowest BCUT2D eigenvalue weighted by molar-refractivity contribution is 0.923. The van der Waals surface area contributed by atoms with Crippen LogP contribution < -0.4 is 5.73 Å². The van der Waals surface area contributed by atoms with Gasteiger partial charge in [-0.2, -0.15) is 0 Å². The summed E-state index contributed by atoms with van der Waals surface area (Å²) in [5.74, 6) is 1.45. The number of rotatable bonds is 2.